The summed E-state index contributed by atoms with van der Waals surface area (Å²) in [5.41, 5.74) is 8.12. The molecule has 0 atom stereocenters. The molecule has 5 nitrogen and oxygen atoms in total. The van der Waals surface area contributed by atoms with E-state index < -0.39 is 16.1 Å². The van der Waals surface area contributed by atoms with E-state index >= 15 is 0 Å². The van der Waals surface area contributed by atoms with Gasteiger partial charge in [0.2, 0.25) is 10.0 Å². The van der Waals surface area contributed by atoms with E-state index in [1.165, 1.54) is 10.4 Å². The van der Waals surface area contributed by atoms with Crippen molar-refractivity contribution in [1.82, 2.24) is 4.31 Å². The number of piperidine rings is 1. The van der Waals surface area contributed by atoms with E-state index in [-0.39, 0.29) is 4.90 Å². The van der Waals surface area contributed by atoms with E-state index in [0.717, 1.165) is 11.1 Å². The minimum atomic E-state index is -3.51. The lowest BCUT2D eigenvalue weighted by atomic mass is 10.1. The Balaban J connectivity index is 2.35. The first-order valence-corrected chi connectivity index (χ1v) is 7.81. The van der Waals surface area contributed by atoms with E-state index in [4.69, 9.17) is 5.73 Å². The van der Waals surface area contributed by atoms with Crippen molar-refractivity contribution >= 4 is 15.7 Å². The number of nitrogens with two attached hydrogens (primary N) is 1. The summed E-state index contributed by atoms with van der Waals surface area (Å²) in [6.07, 6.45) is 0.579. The molecule has 19 heavy (non-hydrogen) atoms. The summed E-state index contributed by atoms with van der Waals surface area (Å²) in [5, 5.41) is 9.45. The fraction of sp³-hybridized carbons (Fsp3) is 0.538. The van der Waals surface area contributed by atoms with Crippen LogP contribution in [0.4, 0.5) is 5.69 Å². The predicted molar refractivity (Wildman–Crippen MR) is 74.3 cm³/mol. The summed E-state index contributed by atoms with van der Waals surface area (Å²) in [4.78, 5) is 0.240. The lowest BCUT2D eigenvalue weighted by Gasteiger charge is -2.29. The van der Waals surface area contributed by atoms with Gasteiger partial charge in [-0.05, 0) is 49.9 Å². The molecule has 0 amide bonds. The lowest BCUT2D eigenvalue weighted by Crippen LogP contribution is -2.40. The van der Waals surface area contributed by atoms with Crippen LogP contribution in [0.25, 0.3) is 0 Å². The van der Waals surface area contributed by atoms with Crippen molar-refractivity contribution in [1.29, 1.82) is 0 Å². The van der Waals surface area contributed by atoms with Crippen LogP contribution in [0, 0.1) is 13.8 Å². The number of hydrogen-bond donors (Lipinski definition) is 2. The highest BCUT2D eigenvalue weighted by Crippen LogP contribution is 2.26. The summed E-state index contributed by atoms with van der Waals surface area (Å²) in [7, 11) is -3.51. The highest BCUT2D eigenvalue weighted by molar-refractivity contribution is 7.89. The first-order valence-electron chi connectivity index (χ1n) is 6.37. The molecule has 0 unspecified atom stereocenters. The number of aliphatic hydroxyl groups excluding tert-OH is 1. The number of benzene rings is 1. The van der Waals surface area contributed by atoms with E-state index in [2.05, 4.69) is 0 Å². The average molecular weight is 284 g/mol. The zero-order chi connectivity index (χ0) is 14.2. The first kappa shape index (κ1) is 14.3. The smallest absolute Gasteiger partial charge is 0.243 e. The van der Waals surface area contributed by atoms with Gasteiger partial charge in [-0.1, -0.05) is 0 Å². The van der Waals surface area contributed by atoms with Gasteiger partial charge < -0.3 is 10.8 Å². The van der Waals surface area contributed by atoms with Crippen molar-refractivity contribution < 1.29 is 13.5 Å². The Hall–Kier alpha value is -1.11. The van der Waals surface area contributed by atoms with Gasteiger partial charge in [-0.2, -0.15) is 4.31 Å². The molecule has 0 saturated carbocycles. The van der Waals surface area contributed by atoms with Gasteiger partial charge in [0.15, 0.2) is 0 Å². The molecule has 6 heteroatoms. The second kappa shape index (κ2) is 5.11. The maximum Gasteiger partial charge on any atom is 0.243 e. The lowest BCUT2D eigenvalue weighted by molar-refractivity contribution is 0.113. The predicted octanol–water partition coefficient (Wildman–Crippen LogP) is 1.03. The number of aryl methyl sites for hydroxylation is 1. The van der Waals surface area contributed by atoms with E-state index in [0.29, 0.717) is 31.6 Å². The standard InChI is InChI=1S/C13H20N2O3S/c1-9-7-12(8-13(14)10(9)2)19(17,18)15-5-3-11(16)4-6-15/h7-8,11,16H,3-6,14H2,1-2H3. The summed E-state index contributed by atoms with van der Waals surface area (Å²) < 4.78 is 26.4. The Morgan fingerprint density at radius 2 is 1.84 bits per heavy atom. The molecule has 1 aliphatic heterocycles. The summed E-state index contributed by atoms with van der Waals surface area (Å²) in [5.74, 6) is 0. The molecule has 1 heterocycles. The van der Waals surface area contributed by atoms with Crippen LogP contribution in [0.5, 0.6) is 0 Å². The van der Waals surface area contributed by atoms with Crippen LogP contribution in [-0.2, 0) is 10.0 Å². The number of nitrogen functional groups attached to an aromatic ring is 1. The van der Waals surface area contributed by atoms with Gasteiger partial charge >= 0.3 is 0 Å². The Morgan fingerprint density at radius 3 is 2.37 bits per heavy atom. The van der Waals surface area contributed by atoms with Crippen LogP contribution in [0.2, 0.25) is 0 Å². The van der Waals surface area contributed by atoms with Crippen LogP contribution < -0.4 is 5.73 Å². The average Bonchev–Trinajstić information content (AvgIpc) is 2.35. The Bertz CT molecular complexity index is 553. The molecule has 106 valence electrons. The van der Waals surface area contributed by atoms with Crippen LogP contribution in [0.3, 0.4) is 0 Å². The van der Waals surface area contributed by atoms with Crippen molar-refractivity contribution in [3.8, 4) is 0 Å². The van der Waals surface area contributed by atoms with Gasteiger partial charge in [0.25, 0.3) is 0 Å². The monoisotopic (exact) mass is 284 g/mol. The van der Waals surface area contributed by atoms with Crippen molar-refractivity contribution in [2.24, 2.45) is 0 Å². The highest BCUT2D eigenvalue weighted by atomic mass is 32.2. The highest BCUT2D eigenvalue weighted by Gasteiger charge is 2.29. The normalized spacial score (nSPS) is 18.7. The third kappa shape index (κ3) is 2.75. The largest absolute Gasteiger partial charge is 0.398 e. The molecular formula is C13H20N2O3S. The molecule has 1 aromatic carbocycles. The number of rotatable bonds is 2. The fourth-order valence-electron chi connectivity index (χ4n) is 2.23. The molecule has 0 bridgehead atoms. The van der Waals surface area contributed by atoms with Crippen molar-refractivity contribution in [3.05, 3.63) is 23.3 Å². The van der Waals surface area contributed by atoms with Gasteiger partial charge in [-0.15, -0.1) is 0 Å². The molecule has 2 rings (SSSR count). The molecule has 3 N–H and O–H groups in total. The number of aliphatic hydroxyl groups is 1. The third-order valence-corrected chi connectivity index (χ3v) is 5.62. The Morgan fingerprint density at radius 1 is 1.26 bits per heavy atom. The molecule has 1 saturated heterocycles. The number of nitrogens with zero attached hydrogens (tertiary/aromatic N) is 1. The van der Waals surface area contributed by atoms with Gasteiger partial charge in [0.1, 0.15) is 0 Å². The number of sulfonamides is 1. The molecule has 0 aliphatic carbocycles. The molecular weight excluding hydrogens is 264 g/mol. The summed E-state index contributed by atoms with van der Waals surface area (Å²) >= 11 is 0. The molecule has 0 spiro atoms. The minimum Gasteiger partial charge on any atom is -0.398 e. The van der Waals surface area contributed by atoms with Gasteiger partial charge in [-0.3, -0.25) is 0 Å². The molecule has 1 aliphatic rings. The van der Waals surface area contributed by atoms with E-state index in [1.54, 1.807) is 6.07 Å². The Labute approximate surface area is 114 Å². The van der Waals surface area contributed by atoms with Gasteiger partial charge in [0.05, 0.1) is 11.0 Å². The maximum absolute atomic E-state index is 12.5. The second-order valence-electron chi connectivity index (χ2n) is 5.09. The first-order chi connectivity index (χ1) is 8.82. The topological polar surface area (TPSA) is 83.6 Å². The zero-order valence-corrected chi connectivity index (χ0v) is 12.1. The van der Waals surface area contributed by atoms with E-state index in [9.17, 15) is 13.5 Å². The molecule has 1 fully saturated rings. The maximum atomic E-state index is 12.5. The van der Waals surface area contributed by atoms with Crippen LogP contribution in [0.15, 0.2) is 17.0 Å². The van der Waals surface area contributed by atoms with Gasteiger partial charge in [-0.25, -0.2) is 8.42 Å². The van der Waals surface area contributed by atoms with Gasteiger partial charge in [0, 0.05) is 18.8 Å². The van der Waals surface area contributed by atoms with Crippen LogP contribution in [0.1, 0.15) is 24.0 Å². The third-order valence-electron chi connectivity index (χ3n) is 3.74. The molecule has 0 radical (unpaired) electrons. The molecule has 1 aromatic rings. The van der Waals surface area contributed by atoms with Crippen molar-refractivity contribution in [2.45, 2.75) is 37.7 Å². The zero-order valence-electron chi connectivity index (χ0n) is 11.3. The van der Waals surface area contributed by atoms with E-state index in [1.807, 2.05) is 13.8 Å². The quantitative estimate of drug-likeness (QED) is 0.795. The fourth-order valence-corrected chi connectivity index (χ4v) is 3.82. The van der Waals surface area contributed by atoms with Crippen molar-refractivity contribution in [3.63, 3.8) is 0 Å². The number of hydrogen-bond acceptors (Lipinski definition) is 4. The van der Waals surface area contributed by atoms with Crippen LogP contribution >= 0.6 is 0 Å². The molecule has 0 aromatic heterocycles. The SMILES string of the molecule is Cc1cc(S(=O)(=O)N2CCC(O)CC2)cc(N)c1C. The number of anilines is 1. The van der Waals surface area contributed by atoms with Crippen molar-refractivity contribution in [2.75, 3.05) is 18.8 Å². The minimum absolute atomic E-state index is 0.240. The summed E-state index contributed by atoms with van der Waals surface area (Å²) in [6.45, 7) is 4.44. The second-order valence-corrected chi connectivity index (χ2v) is 7.03. The Kier molecular flexibility index (Phi) is 3.85. The summed E-state index contributed by atoms with van der Waals surface area (Å²) in [6, 6.07) is 3.18. The van der Waals surface area contributed by atoms with Crippen LogP contribution in [-0.4, -0.2) is 37.0 Å².